The van der Waals surface area contributed by atoms with Gasteiger partial charge in [-0.2, -0.15) is 5.26 Å². The topological polar surface area (TPSA) is 28.7 Å². The predicted octanol–water partition coefficient (Wildman–Crippen LogP) is 2.88. The Morgan fingerprint density at radius 2 is 2.13 bits per heavy atom. The Bertz CT molecular complexity index is 517. The summed E-state index contributed by atoms with van der Waals surface area (Å²) in [6.07, 6.45) is 2.95. The van der Waals surface area contributed by atoms with Crippen LogP contribution >= 0.6 is 0 Å². The number of fused-ring (bicyclic) bond motifs is 1. The zero-order chi connectivity index (χ0) is 10.8. The number of nitrogens with zero attached hydrogens (tertiary/aromatic N) is 2. The molecule has 0 radical (unpaired) electrons. The van der Waals surface area contributed by atoms with Gasteiger partial charge < -0.3 is 4.57 Å². The number of rotatable bonds is 2. The fourth-order valence-electron chi connectivity index (χ4n) is 1.96. The molecule has 1 atom stereocenters. The van der Waals surface area contributed by atoms with Gasteiger partial charge in [-0.05, 0) is 25.0 Å². The van der Waals surface area contributed by atoms with Gasteiger partial charge >= 0.3 is 0 Å². The van der Waals surface area contributed by atoms with Gasteiger partial charge in [-0.1, -0.05) is 18.2 Å². The van der Waals surface area contributed by atoms with E-state index in [9.17, 15) is 0 Å². The van der Waals surface area contributed by atoms with Crippen molar-refractivity contribution in [3.63, 3.8) is 0 Å². The van der Waals surface area contributed by atoms with Gasteiger partial charge in [0.15, 0.2) is 0 Å². The Morgan fingerprint density at radius 1 is 1.40 bits per heavy atom. The van der Waals surface area contributed by atoms with Gasteiger partial charge in [0.2, 0.25) is 0 Å². The first-order valence-corrected chi connectivity index (χ1v) is 5.15. The molecule has 0 spiro atoms. The largest absolute Gasteiger partial charge is 0.350 e. The highest BCUT2D eigenvalue weighted by atomic mass is 14.9. The molecule has 1 aromatic heterocycles. The summed E-state index contributed by atoms with van der Waals surface area (Å²) in [5, 5.41) is 10.1. The van der Waals surface area contributed by atoms with Crippen LogP contribution in [0.3, 0.4) is 0 Å². The summed E-state index contributed by atoms with van der Waals surface area (Å²) in [5.41, 5.74) is 2.50. The Labute approximate surface area is 89.7 Å². The van der Waals surface area contributed by atoms with E-state index in [2.05, 4.69) is 29.0 Å². The van der Waals surface area contributed by atoms with Crippen molar-refractivity contribution in [3.8, 4) is 6.07 Å². The molecule has 2 aromatic rings. The van der Waals surface area contributed by atoms with E-state index in [1.807, 2.05) is 26.1 Å². The number of nitriles is 1. The SMILES string of the molecule is CC(C#N)Cc1cn(C)c2ccccc12. The molecule has 0 amide bonds. The molecule has 76 valence electrons. The molecule has 2 nitrogen and oxygen atoms in total. The van der Waals surface area contributed by atoms with Crippen LogP contribution in [0.15, 0.2) is 30.5 Å². The van der Waals surface area contributed by atoms with Crippen molar-refractivity contribution in [2.45, 2.75) is 13.3 Å². The van der Waals surface area contributed by atoms with Crippen molar-refractivity contribution < 1.29 is 0 Å². The maximum atomic E-state index is 8.82. The van der Waals surface area contributed by atoms with Crippen molar-refractivity contribution in [2.75, 3.05) is 0 Å². The molecule has 2 rings (SSSR count). The first kappa shape index (κ1) is 9.79. The average molecular weight is 198 g/mol. The molecule has 1 heterocycles. The van der Waals surface area contributed by atoms with Crippen LogP contribution in [0.5, 0.6) is 0 Å². The number of para-hydroxylation sites is 1. The fraction of sp³-hybridized carbons (Fsp3) is 0.308. The molecule has 1 aromatic carbocycles. The predicted molar refractivity (Wildman–Crippen MR) is 61.4 cm³/mol. The van der Waals surface area contributed by atoms with E-state index in [0.29, 0.717) is 0 Å². The first-order valence-electron chi connectivity index (χ1n) is 5.15. The van der Waals surface area contributed by atoms with E-state index in [1.54, 1.807) is 0 Å². The molecular weight excluding hydrogens is 184 g/mol. The summed E-state index contributed by atoms with van der Waals surface area (Å²) in [4.78, 5) is 0. The minimum Gasteiger partial charge on any atom is -0.350 e. The van der Waals surface area contributed by atoms with Crippen LogP contribution in [-0.2, 0) is 13.5 Å². The summed E-state index contributed by atoms with van der Waals surface area (Å²) in [7, 11) is 2.04. The van der Waals surface area contributed by atoms with Gasteiger partial charge in [0, 0.05) is 30.1 Å². The second-order valence-electron chi connectivity index (χ2n) is 4.02. The van der Waals surface area contributed by atoms with Crippen LogP contribution in [0.2, 0.25) is 0 Å². The Morgan fingerprint density at radius 3 is 2.87 bits per heavy atom. The molecule has 0 aliphatic rings. The third-order valence-electron chi connectivity index (χ3n) is 2.73. The molecule has 15 heavy (non-hydrogen) atoms. The molecule has 0 aliphatic heterocycles. The smallest absolute Gasteiger partial charge is 0.0656 e. The Hall–Kier alpha value is -1.75. The lowest BCUT2D eigenvalue weighted by Crippen LogP contribution is -1.94. The van der Waals surface area contributed by atoms with Crippen LogP contribution in [0, 0.1) is 17.2 Å². The van der Waals surface area contributed by atoms with E-state index in [1.165, 1.54) is 16.5 Å². The monoisotopic (exact) mass is 198 g/mol. The minimum atomic E-state index is 0.0795. The fourth-order valence-corrected chi connectivity index (χ4v) is 1.96. The summed E-state index contributed by atoms with van der Waals surface area (Å²) in [6, 6.07) is 10.6. The molecule has 0 N–H and O–H groups in total. The van der Waals surface area contributed by atoms with E-state index >= 15 is 0 Å². The summed E-state index contributed by atoms with van der Waals surface area (Å²) in [6.45, 7) is 1.96. The molecule has 2 heteroatoms. The average Bonchev–Trinajstić information content (AvgIpc) is 2.57. The summed E-state index contributed by atoms with van der Waals surface area (Å²) < 4.78 is 2.12. The maximum Gasteiger partial charge on any atom is 0.0656 e. The normalized spacial score (nSPS) is 12.6. The third-order valence-corrected chi connectivity index (χ3v) is 2.73. The van der Waals surface area contributed by atoms with Gasteiger partial charge in [0.1, 0.15) is 0 Å². The van der Waals surface area contributed by atoms with E-state index < -0.39 is 0 Å². The van der Waals surface area contributed by atoms with Gasteiger partial charge in [-0.25, -0.2) is 0 Å². The standard InChI is InChI=1S/C13H14N2/c1-10(8-14)7-11-9-15(2)13-6-4-3-5-12(11)13/h3-6,9-10H,7H2,1-2H3. The maximum absolute atomic E-state index is 8.82. The van der Waals surface area contributed by atoms with Crippen LogP contribution in [0.1, 0.15) is 12.5 Å². The highest BCUT2D eigenvalue weighted by molar-refractivity contribution is 5.83. The second-order valence-corrected chi connectivity index (χ2v) is 4.02. The van der Waals surface area contributed by atoms with Crippen molar-refractivity contribution >= 4 is 10.9 Å². The van der Waals surface area contributed by atoms with Crippen LogP contribution < -0.4 is 0 Å². The van der Waals surface area contributed by atoms with E-state index in [-0.39, 0.29) is 5.92 Å². The first-order chi connectivity index (χ1) is 7.22. The van der Waals surface area contributed by atoms with Crippen LogP contribution in [-0.4, -0.2) is 4.57 Å². The molecule has 0 fully saturated rings. The minimum absolute atomic E-state index is 0.0795. The Balaban J connectivity index is 2.49. The molecule has 0 aliphatic carbocycles. The highest BCUT2D eigenvalue weighted by Gasteiger charge is 2.08. The number of aryl methyl sites for hydroxylation is 1. The quantitative estimate of drug-likeness (QED) is 0.729. The van der Waals surface area contributed by atoms with Crippen molar-refractivity contribution in [1.29, 1.82) is 5.26 Å². The number of hydrogen-bond acceptors (Lipinski definition) is 1. The van der Waals surface area contributed by atoms with Crippen molar-refractivity contribution in [3.05, 3.63) is 36.0 Å². The van der Waals surface area contributed by atoms with E-state index in [0.717, 1.165) is 6.42 Å². The van der Waals surface area contributed by atoms with Gasteiger partial charge in [-0.15, -0.1) is 0 Å². The van der Waals surface area contributed by atoms with Crippen LogP contribution in [0.25, 0.3) is 10.9 Å². The molecule has 0 saturated carbocycles. The molecule has 0 saturated heterocycles. The number of benzene rings is 1. The lowest BCUT2D eigenvalue weighted by atomic mass is 10.0. The number of hydrogen-bond donors (Lipinski definition) is 0. The third kappa shape index (κ3) is 1.73. The van der Waals surface area contributed by atoms with Gasteiger partial charge in [0.25, 0.3) is 0 Å². The molecular formula is C13H14N2. The zero-order valence-electron chi connectivity index (χ0n) is 9.07. The van der Waals surface area contributed by atoms with Crippen molar-refractivity contribution in [2.24, 2.45) is 13.0 Å². The van der Waals surface area contributed by atoms with Crippen molar-refractivity contribution in [1.82, 2.24) is 4.57 Å². The zero-order valence-corrected chi connectivity index (χ0v) is 9.07. The van der Waals surface area contributed by atoms with Gasteiger partial charge in [0.05, 0.1) is 6.07 Å². The summed E-state index contributed by atoms with van der Waals surface area (Å²) in [5.74, 6) is 0.0795. The van der Waals surface area contributed by atoms with Gasteiger partial charge in [-0.3, -0.25) is 0 Å². The molecule has 1 unspecified atom stereocenters. The molecule has 0 bridgehead atoms. The lowest BCUT2D eigenvalue weighted by Gasteiger charge is -1.99. The second kappa shape index (κ2) is 3.78. The van der Waals surface area contributed by atoms with Crippen LogP contribution in [0.4, 0.5) is 0 Å². The van der Waals surface area contributed by atoms with E-state index in [4.69, 9.17) is 5.26 Å². The summed E-state index contributed by atoms with van der Waals surface area (Å²) >= 11 is 0. The number of aromatic nitrogens is 1. The Kier molecular flexibility index (Phi) is 2.47. The highest BCUT2D eigenvalue weighted by Crippen LogP contribution is 2.22. The lowest BCUT2D eigenvalue weighted by molar-refractivity contribution is 0.739.